The molecule has 98 valence electrons. The van der Waals surface area contributed by atoms with E-state index in [0.717, 1.165) is 4.47 Å². The molecule has 1 aliphatic heterocycles. The molecular formula is C12H15BrN2O3. The standard InChI is InChI=1S/C12H15BrN2O3/c1-18-8-2-3-9(13)10(5-8)15-12(17)11-4-7(16)6-14-11/h2-3,5,7,11,14,16H,4,6H2,1H3,(H,15,17). The van der Waals surface area contributed by atoms with Crippen LogP contribution in [0.25, 0.3) is 0 Å². The molecule has 2 atom stereocenters. The zero-order valence-corrected chi connectivity index (χ0v) is 11.5. The van der Waals surface area contributed by atoms with Gasteiger partial charge in [-0.2, -0.15) is 0 Å². The van der Waals surface area contributed by atoms with Crippen molar-refractivity contribution in [2.24, 2.45) is 0 Å². The number of amides is 1. The van der Waals surface area contributed by atoms with E-state index in [9.17, 15) is 9.90 Å². The van der Waals surface area contributed by atoms with Crippen LogP contribution in [-0.2, 0) is 4.79 Å². The number of aliphatic hydroxyl groups is 1. The van der Waals surface area contributed by atoms with Crippen LogP contribution in [0, 0.1) is 0 Å². The van der Waals surface area contributed by atoms with Gasteiger partial charge in [0, 0.05) is 17.1 Å². The maximum atomic E-state index is 12.0. The van der Waals surface area contributed by atoms with Crippen molar-refractivity contribution < 1.29 is 14.6 Å². The second kappa shape index (κ2) is 5.69. The molecular weight excluding hydrogens is 300 g/mol. The van der Waals surface area contributed by atoms with Gasteiger partial charge in [-0.15, -0.1) is 0 Å². The molecule has 1 fully saturated rings. The first-order valence-corrected chi connectivity index (χ1v) is 6.45. The van der Waals surface area contributed by atoms with E-state index in [1.54, 1.807) is 19.2 Å². The second-order valence-electron chi connectivity index (χ2n) is 4.19. The summed E-state index contributed by atoms with van der Waals surface area (Å²) >= 11 is 3.37. The maximum Gasteiger partial charge on any atom is 0.241 e. The number of benzene rings is 1. The van der Waals surface area contributed by atoms with Crippen LogP contribution in [0.1, 0.15) is 6.42 Å². The van der Waals surface area contributed by atoms with Gasteiger partial charge in [0.2, 0.25) is 5.91 Å². The molecule has 0 bridgehead atoms. The van der Waals surface area contributed by atoms with Gasteiger partial charge in [0.25, 0.3) is 0 Å². The van der Waals surface area contributed by atoms with Gasteiger partial charge >= 0.3 is 0 Å². The lowest BCUT2D eigenvalue weighted by atomic mass is 10.2. The van der Waals surface area contributed by atoms with Crippen LogP contribution < -0.4 is 15.4 Å². The molecule has 1 heterocycles. The van der Waals surface area contributed by atoms with E-state index in [1.165, 1.54) is 0 Å². The zero-order chi connectivity index (χ0) is 13.1. The number of nitrogens with one attached hydrogen (secondary N) is 2. The highest BCUT2D eigenvalue weighted by molar-refractivity contribution is 9.10. The maximum absolute atomic E-state index is 12.0. The molecule has 1 aromatic rings. The molecule has 2 rings (SSSR count). The molecule has 2 unspecified atom stereocenters. The number of aliphatic hydroxyl groups excluding tert-OH is 1. The Morgan fingerprint density at radius 2 is 2.39 bits per heavy atom. The van der Waals surface area contributed by atoms with Crippen LogP contribution in [0.3, 0.4) is 0 Å². The van der Waals surface area contributed by atoms with Crippen molar-refractivity contribution in [3.05, 3.63) is 22.7 Å². The average molecular weight is 315 g/mol. The summed E-state index contributed by atoms with van der Waals surface area (Å²) in [5.74, 6) is 0.522. The van der Waals surface area contributed by atoms with Crippen molar-refractivity contribution in [3.8, 4) is 5.75 Å². The minimum atomic E-state index is -0.450. The molecule has 0 saturated carbocycles. The van der Waals surface area contributed by atoms with Gasteiger partial charge in [0.05, 0.1) is 24.9 Å². The molecule has 1 amide bonds. The summed E-state index contributed by atoms with van der Waals surface area (Å²) in [6.07, 6.45) is -0.0116. The molecule has 0 spiro atoms. The molecule has 0 aromatic heterocycles. The van der Waals surface area contributed by atoms with E-state index >= 15 is 0 Å². The predicted octanol–water partition coefficient (Wildman–Crippen LogP) is 1.12. The highest BCUT2D eigenvalue weighted by Gasteiger charge is 2.28. The summed E-state index contributed by atoms with van der Waals surface area (Å²) in [7, 11) is 1.57. The second-order valence-corrected chi connectivity index (χ2v) is 5.04. The lowest BCUT2D eigenvalue weighted by Crippen LogP contribution is -2.35. The molecule has 1 aromatic carbocycles. The highest BCUT2D eigenvalue weighted by atomic mass is 79.9. The molecule has 0 radical (unpaired) electrons. The largest absolute Gasteiger partial charge is 0.497 e. The van der Waals surface area contributed by atoms with Gasteiger partial charge < -0.3 is 20.5 Å². The van der Waals surface area contributed by atoms with Gasteiger partial charge in [-0.25, -0.2) is 0 Å². The van der Waals surface area contributed by atoms with Gasteiger partial charge in [0.15, 0.2) is 0 Å². The first kappa shape index (κ1) is 13.3. The number of carbonyl (C=O) groups is 1. The molecule has 6 heteroatoms. The number of rotatable bonds is 3. The SMILES string of the molecule is COc1ccc(Br)c(NC(=O)C2CC(O)CN2)c1. The molecule has 1 aliphatic rings. The molecule has 18 heavy (non-hydrogen) atoms. The van der Waals surface area contributed by atoms with E-state index in [1.807, 2.05) is 6.07 Å². The Morgan fingerprint density at radius 1 is 1.61 bits per heavy atom. The van der Waals surface area contributed by atoms with Crippen molar-refractivity contribution in [2.45, 2.75) is 18.6 Å². The van der Waals surface area contributed by atoms with E-state index < -0.39 is 6.10 Å². The third-order valence-electron chi connectivity index (χ3n) is 2.86. The van der Waals surface area contributed by atoms with Crippen molar-refractivity contribution in [2.75, 3.05) is 19.0 Å². The quantitative estimate of drug-likeness (QED) is 0.782. The topological polar surface area (TPSA) is 70.6 Å². The van der Waals surface area contributed by atoms with Crippen LogP contribution >= 0.6 is 15.9 Å². The summed E-state index contributed by atoms with van der Waals surface area (Å²) in [6, 6.07) is 5.01. The van der Waals surface area contributed by atoms with Crippen molar-refractivity contribution >= 4 is 27.5 Å². The Balaban J connectivity index is 2.06. The van der Waals surface area contributed by atoms with Crippen LogP contribution in [0.4, 0.5) is 5.69 Å². The van der Waals surface area contributed by atoms with Crippen molar-refractivity contribution in [1.29, 1.82) is 0 Å². The molecule has 0 aliphatic carbocycles. The normalized spacial score (nSPS) is 22.8. The monoisotopic (exact) mass is 314 g/mol. The molecule has 1 saturated heterocycles. The number of methoxy groups -OCH3 is 1. The summed E-state index contributed by atoms with van der Waals surface area (Å²) < 4.78 is 5.89. The number of β-amino-alcohol motifs (C(OH)–C–C–N with tert-alkyl or cyclic N) is 1. The number of ether oxygens (including phenoxy) is 1. The van der Waals surface area contributed by atoms with E-state index in [-0.39, 0.29) is 11.9 Å². The Hall–Kier alpha value is -1.11. The Bertz CT molecular complexity index is 453. The van der Waals surface area contributed by atoms with Crippen molar-refractivity contribution in [1.82, 2.24) is 5.32 Å². The van der Waals surface area contributed by atoms with Crippen LogP contribution in [0.2, 0.25) is 0 Å². The third kappa shape index (κ3) is 3.01. The summed E-state index contributed by atoms with van der Waals surface area (Å²) in [5, 5.41) is 15.2. The first-order chi connectivity index (χ1) is 8.60. The van der Waals surface area contributed by atoms with E-state index in [4.69, 9.17) is 4.74 Å². The Kier molecular flexibility index (Phi) is 4.21. The van der Waals surface area contributed by atoms with Crippen LogP contribution in [-0.4, -0.2) is 36.8 Å². The van der Waals surface area contributed by atoms with Gasteiger partial charge in [-0.3, -0.25) is 4.79 Å². The number of halogens is 1. The minimum absolute atomic E-state index is 0.152. The summed E-state index contributed by atoms with van der Waals surface area (Å²) in [6.45, 7) is 0.456. The fourth-order valence-corrected chi connectivity index (χ4v) is 2.21. The molecule has 3 N–H and O–H groups in total. The van der Waals surface area contributed by atoms with Gasteiger partial charge in [0.1, 0.15) is 5.75 Å². The van der Waals surface area contributed by atoms with Gasteiger partial charge in [-0.1, -0.05) is 0 Å². The van der Waals surface area contributed by atoms with E-state index in [0.29, 0.717) is 24.4 Å². The fraction of sp³-hybridized carbons (Fsp3) is 0.417. The predicted molar refractivity (Wildman–Crippen MR) is 71.7 cm³/mol. The number of carbonyl (C=O) groups excluding carboxylic acids is 1. The first-order valence-electron chi connectivity index (χ1n) is 5.66. The van der Waals surface area contributed by atoms with Crippen LogP contribution in [0.5, 0.6) is 5.75 Å². The van der Waals surface area contributed by atoms with Crippen LogP contribution in [0.15, 0.2) is 22.7 Å². The number of hydrogen-bond donors (Lipinski definition) is 3. The third-order valence-corrected chi connectivity index (χ3v) is 3.55. The lowest BCUT2D eigenvalue weighted by molar-refractivity contribution is -0.117. The lowest BCUT2D eigenvalue weighted by Gasteiger charge is -2.13. The van der Waals surface area contributed by atoms with Gasteiger partial charge in [-0.05, 0) is 34.5 Å². The smallest absolute Gasteiger partial charge is 0.241 e. The van der Waals surface area contributed by atoms with Crippen molar-refractivity contribution in [3.63, 3.8) is 0 Å². The number of hydrogen-bond acceptors (Lipinski definition) is 4. The fourth-order valence-electron chi connectivity index (χ4n) is 1.86. The minimum Gasteiger partial charge on any atom is -0.497 e. The average Bonchev–Trinajstić information content (AvgIpc) is 2.79. The van der Waals surface area contributed by atoms with E-state index in [2.05, 4.69) is 26.6 Å². The zero-order valence-electron chi connectivity index (χ0n) is 9.94. The highest BCUT2D eigenvalue weighted by Crippen LogP contribution is 2.27. The number of anilines is 1. The molecule has 5 nitrogen and oxygen atoms in total. The summed E-state index contributed by atoms with van der Waals surface area (Å²) in [5.41, 5.74) is 0.655. The Labute approximate surface area is 114 Å². The summed E-state index contributed by atoms with van der Waals surface area (Å²) in [4.78, 5) is 12.0. The Morgan fingerprint density at radius 3 is 3.00 bits per heavy atom.